The van der Waals surface area contributed by atoms with Crippen molar-refractivity contribution < 1.29 is 14.3 Å². The van der Waals surface area contributed by atoms with Gasteiger partial charge in [-0.3, -0.25) is 4.79 Å². The second kappa shape index (κ2) is 5.22. The summed E-state index contributed by atoms with van der Waals surface area (Å²) in [6.07, 6.45) is 0.776. The summed E-state index contributed by atoms with van der Waals surface area (Å²) in [4.78, 5) is 22.7. The number of hydrogen-bond acceptors (Lipinski definition) is 6. The van der Waals surface area contributed by atoms with Crippen molar-refractivity contribution >= 4 is 6.29 Å². The fraction of sp³-hybridized carbons (Fsp3) is 0.167. The van der Waals surface area contributed by atoms with E-state index in [9.17, 15) is 4.79 Å². The first kappa shape index (κ1) is 12.0. The quantitative estimate of drug-likeness (QED) is 0.757. The van der Waals surface area contributed by atoms with E-state index in [1.54, 1.807) is 24.3 Å². The second-order valence-electron chi connectivity index (χ2n) is 3.37. The van der Waals surface area contributed by atoms with Crippen molar-refractivity contribution in [3.63, 3.8) is 0 Å². The van der Waals surface area contributed by atoms with Gasteiger partial charge in [0.05, 0.1) is 14.2 Å². The first-order chi connectivity index (χ1) is 8.76. The molecular formula is C12H11N3O3. The van der Waals surface area contributed by atoms with E-state index in [2.05, 4.69) is 15.0 Å². The monoisotopic (exact) mass is 245 g/mol. The maximum absolute atomic E-state index is 10.6. The highest BCUT2D eigenvalue weighted by molar-refractivity contribution is 5.76. The number of ether oxygens (including phenoxy) is 2. The molecule has 2 rings (SSSR count). The molecular weight excluding hydrogens is 234 g/mol. The van der Waals surface area contributed by atoms with Gasteiger partial charge in [0.25, 0.3) is 0 Å². The molecule has 0 aliphatic rings. The molecule has 0 bridgehead atoms. The van der Waals surface area contributed by atoms with Gasteiger partial charge >= 0.3 is 12.0 Å². The fourth-order valence-corrected chi connectivity index (χ4v) is 1.36. The lowest BCUT2D eigenvalue weighted by Crippen LogP contribution is -2.00. The van der Waals surface area contributed by atoms with Crippen molar-refractivity contribution in [2.24, 2.45) is 0 Å². The zero-order valence-corrected chi connectivity index (χ0v) is 9.95. The highest BCUT2D eigenvalue weighted by Gasteiger charge is 2.08. The third kappa shape index (κ3) is 2.42. The van der Waals surface area contributed by atoms with Gasteiger partial charge in [-0.2, -0.15) is 9.97 Å². The maximum atomic E-state index is 10.6. The molecule has 92 valence electrons. The van der Waals surface area contributed by atoms with Gasteiger partial charge in [-0.25, -0.2) is 0 Å². The average molecular weight is 245 g/mol. The first-order valence-electron chi connectivity index (χ1n) is 5.16. The Morgan fingerprint density at radius 1 is 0.944 bits per heavy atom. The van der Waals surface area contributed by atoms with E-state index in [1.807, 2.05) is 0 Å². The summed E-state index contributed by atoms with van der Waals surface area (Å²) in [6, 6.07) is 7.22. The van der Waals surface area contributed by atoms with Crippen LogP contribution in [0.25, 0.3) is 11.4 Å². The molecule has 6 nitrogen and oxygen atoms in total. The van der Waals surface area contributed by atoms with E-state index < -0.39 is 0 Å². The lowest BCUT2D eigenvalue weighted by atomic mass is 10.1. The number of carbonyl (C=O) groups is 1. The molecule has 0 aliphatic carbocycles. The molecule has 0 saturated heterocycles. The Bertz CT molecular complexity index is 533. The molecule has 1 aromatic carbocycles. The molecule has 18 heavy (non-hydrogen) atoms. The maximum Gasteiger partial charge on any atom is 0.322 e. The molecule has 0 atom stereocenters. The number of nitrogens with zero attached hydrogens (tertiary/aromatic N) is 3. The van der Waals surface area contributed by atoms with E-state index in [-0.39, 0.29) is 12.0 Å². The third-order valence-corrected chi connectivity index (χ3v) is 2.26. The van der Waals surface area contributed by atoms with Crippen LogP contribution in [-0.2, 0) is 0 Å². The van der Waals surface area contributed by atoms with Crippen molar-refractivity contribution in [3.8, 4) is 23.4 Å². The Hall–Kier alpha value is -2.50. The zero-order chi connectivity index (χ0) is 13.0. The van der Waals surface area contributed by atoms with Crippen LogP contribution in [-0.4, -0.2) is 35.5 Å². The number of hydrogen-bond donors (Lipinski definition) is 0. The molecule has 0 amide bonds. The second-order valence-corrected chi connectivity index (χ2v) is 3.37. The number of rotatable bonds is 4. The number of methoxy groups -OCH3 is 2. The van der Waals surface area contributed by atoms with Gasteiger partial charge < -0.3 is 9.47 Å². The van der Waals surface area contributed by atoms with E-state index in [1.165, 1.54) is 14.2 Å². The molecule has 1 heterocycles. The molecule has 1 aromatic heterocycles. The van der Waals surface area contributed by atoms with Crippen molar-refractivity contribution in [1.82, 2.24) is 15.0 Å². The predicted molar refractivity (Wildman–Crippen MR) is 63.8 cm³/mol. The van der Waals surface area contributed by atoms with Crippen LogP contribution in [0.4, 0.5) is 0 Å². The molecule has 0 N–H and O–H groups in total. The van der Waals surface area contributed by atoms with Crippen LogP contribution in [0.3, 0.4) is 0 Å². The normalized spacial score (nSPS) is 9.89. The standard InChI is InChI=1S/C12H11N3O3/c1-17-11-13-10(14-12(15-11)18-2)9-5-3-8(7-16)4-6-9/h3-7H,1-2H3. The van der Waals surface area contributed by atoms with E-state index in [0.717, 1.165) is 11.8 Å². The van der Waals surface area contributed by atoms with E-state index in [4.69, 9.17) is 9.47 Å². The molecule has 0 spiro atoms. The van der Waals surface area contributed by atoms with Gasteiger partial charge in [0, 0.05) is 11.1 Å². The zero-order valence-electron chi connectivity index (χ0n) is 9.95. The lowest BCUT2D eigenvalue weighted by molar-refractivity contribution is 0.112. The molecule has 0 saturated carbocycles. The molecule has 0 unspecified atom stereocenters. The van der Waals surface area contributed by atoms with Crippen LogP contribution in [0.1, 0.15) is 10.4 Å². The van der Waals surface area contributed by atoms with Crippen LogP contribution >= 0.6 is 0 Å². The number of aromatic nitrogens is 3. The van der Waals surface area contributed by atoms with Crippen molar-refractivity contribution in [1.29, 1.82) is 0 Å². The van der Waals surface area contributed by atoms with Crippen LogP contribution in [0.5, 0.6) is 12.0 Å². The van der Waals surface area contributed by atoms with Gasteiger partial charge in [-0.1, -0.05) is 24.3 Å². The SMILES string of the molecule is COc1nc(OC)nc(-c2ccc(C=O)cc2)n1. The van der Waals surface area contributed by atoms with Crippen LogP contribution in [0.2, 0.25) is 0 Å². The summed E-state index contributed by atoms with van der Waals surface area (Å²) in [5.41, 5.74) is 1.34. The van der Waals surface area contributed by atoms with Crippen molar-refractivity contribution in [3.05, 3.63) is 29.8 Å². The summed E-state index contributed by atoms with van der Waals surface area (Å²) in [5, 5.41) is 0. The minimum absolute atomic E-state index is 0.177. The van der Waals surface area contributed by atoms with Crippen LogP contribution in [0, 0.1) is 0 Å². The number of aldehydes is 1. The Morgan fingerprint density at radius 3 is 1.94 bits per heavy atom. The largest absolute Gasteiger partial charge is 0.467 e. The number of carbonyl (C=O) groups excluding carboxylic acids is 1. The van der Waals surface area contributed by atoms with Crippen molar-refractivity contribution in [2.75, 3.05) is 14.2 Å². The van der Waals surface area contributed by atoms with Gasteiger partial charge in [0.2, 0.25) is 0 Å². The summed E-state index contributed by atoms with van der Waals surface area (Å²) in [5.74, 6) is 0.427. The van der Waals surface area contributed by atoms with Gasteiger partial charge in [-0.05, 0) is 0 Å². The van der Waals surface area contributed by atoms with Gasteiger partial charge in [0.1, 0.15) is 6.29 Å². The van der Waals surface area contributed by atoms with Gasteiger partial charge in [-0.15, -0.1) is 4.98 Å². The summed E-state index contributed by atoms with van der Waals surface area (Å²) >= 11 is 0. The molecule has 6 heteroatoms. The summed E-state index contributed by atoms with van der Waals surface area (Å²) < 4.78 is 9.93. The molecule has 0 aliphatic heterocycles. The smallest absolute Gasteiger partial charge is 0.322 e. The number of benzene rings is 1. The first-order valence-corrected chi connectivity index (χ1v) is 5.16. The average Bonchev–Trinajstić information content (AvgIpc) is 2.46. The topological polar surface area (TPSA) is 74.2 Å². The van der Waals surface area contributed by atoms with E-state index >= 15 is 0 Å². The third-order valence-electron chi connectivity index (χ3n) is 2.26. The molecule has 2 aromatic rings. The summed E-state index contributed by atoms with van der Waals surface area (Å²) in [6.45, 7) is 0. The molecule has 0 radical (unpaired) electrons. The van der Waals surface area contributed by atoms with Crippen LogP contribution < -0.4 is 9.47 Å². The Labute approximate surface area is 104 Å². The Balaban J connectivity index is 2.44. The highest BCUT2D eigenvalue weighted by atomic mass is 16.5. The fourth-order valence-electron chi connectivity index (χ4n) is 1.36. The lowest BCUT2D eigenvalue weighted by Gasteiger charge is -2.05. The Morgan fingerprint density at radius 2 is 1.50 bits per heavy atom. The minimum atomic E-state index is 0.177. The minimum Gasteiger partial charge on any atom is -0.467 e. The highest BCUT2D eigenvalue weighted by Crippen LogP contribution is 2.19. The molecule has 0 fully saturated rings. The van der Waals surface area contributed by atoms with Crippen molar-refractivity contribution in [2.45, 2.75) is 0 Å². The van der Waals surface area contributed by atoms with Gasteiger partial charge in [0.15, 0.2) is 5.82 Å². The predicted octanol–water partition coefficient (Wildman–Crippen LogP) is 1.37. The Kier molecular flexibility index (Phi) is 3.47. The van der Waals surface area contributed by atoms with E-state index in [0.29, 0.717) is 11.4 Å². The van der Waals surface area contributed by atoms with Crippen LogP contribution in [0.15, 0.2) is 24.3 Å². The summed E-state index contributed by atoms with van der Waals surface area (Å²) in [7, 11) is 2.93.